The molecule has 0 bridgehead atoms. The molecule has 0 aromatic carbocycles. The molecule has 3 N–H and O–H groups in total. The SMILES string of the molecule is O=c1ccn([C@@H]2OC(CO)[C@H](O)/C2=C\F)c(=O)[nH]1. The summed E-state index contributed by atoms with van der Waals surface area (Å²) in [5.74, 6) is 0. The van der Waals surface area contributed by atoms with Gasteiger partial charge in [-0.05, 0) is 0 Å². The lowest BCUT2D eigenvalue weighted by atomic mass is 10.1. The highest BCUT2D eigenvalue weighted by Gasteiger charge is 2.40. The molecule has 1 aliphatic rings. The van der Waals surface area contributed by atoms with Crippen molar-refractivity contribution in [1.82, 2.24) is 9.55 Å². The van der Waals surface area contributed by atoms with Crippen molar-refractivity contribution in [3.05, 3.63) is 45.0 Å². The van der Waals surface area contributed by atoms with Crippen molar-refractivity contribution in [3.8, 4) is 0 Å². The van der Waals surface area contributed by atoms with Gasteiger partial charge in [-0.1, -0.05) is 0 Å². The average molecular weight is 258 g/mol. The van der Waals surface area contributed by atoms with Gasteiger partial charge in [0.15, 0.2) is 6.23 Å². The van der Waals surface area contributed by atoms with Crippen LogP contribution in [-0.2, 0) is 4.74 Å². The number of aliphatic hydroxyl groups is 2. The number of hydrogen-bond donors (Lipinski definition) is 3. The van der Waals surface area contributed by atoms with Crippen molar-refractivity contribution >= 4 is 0 Å². The molecule has 2 heterocycles. The number of nitrogens with one attached hydrogen (secondary N) is 1. The Balaban J connectivity index is 2.45. The number of rotatable bonds is 2. The first-order valence-corrected chi connectivity index (χ1v) is 5.14. The molecular weight excluding hydrogens is 247 g/mol. The van der Waals surface area contributed by atoms with Gasteiger partial charge < -0.3 is 14.9 Å². The molecule has 18 heavy (non-hydrogen) atoms. The molecule has 1 aromatic heterocycles. The van der Waals surface area contributed by atoms with E-state index in [1.165, 1.54) is 0 Å². The zero-order chi connectivity index (χ0) is 13.3. The van der Waals surface area contributed by atoms with E-state index < -0.39 is 36.3 Å². The Hall–Kier alpha value is -1.77. The van der Waals surface area contributed by atoms with E-state index in [1.807, 2.05) is 4.98 Å². The molecule has 0 amide bonds. The first-order valence-electron chi connectivity index (χ1n) is 5.14. The highest BCUT2D eigenvalue weighted by Crippen LogP contribution is 2.33. The number of halogens is 1. The molecule has 2 rings (SSSR count). The lowest BCUT2D eigenvalue weighted by Gasteiger charge is -2.14. The number of aromatic amines is 1. The molecule has 0 radical (unpaired) electrons. The second-order valence-corrected chi connectivity index (χ2v) is 3.78. The molecule has 8 heteroatoms. The molecule has 7 nitrogen and oxygen atoms in total. The second-order valence-electron chi connectivity index (χ2n) is 3.78. The van der Waals surface area contributed by atoms with Gasteiger partial charge in [0.05, 0.1) is 12.9 Å². The molecule has 1 aromatic rings. The van der Waals surface area contributed by atoms with Crippen LogP contribution in [0, 0.1) is 0 Å². The first-order chi connectivity index (χ1) is 8.58. The molecule has 1 aliphatic heterocycles. The molecule has 3 atom stereocenters. The van der Waals surface area contributed by atoms with Crippen molar-refractivity contribution in [2.45, 2.75) is 18.4 Å². The number of H-pyrrole nitrogens is 1. The fourth-order valence-corrected chi connectivity index (χ4v) is 1.78. The Morgan fingerprint density at radius 2 is 2.28 bits per heavy atom. The molecule has 0 aliphatic carbocycles. The van der Waals surface area contributed by atoms with Gasteiger partial charge in [0.1, 0.15) is 12.2 Å². The van der Waals surface area contributed by atoms with Crippen LogP contribution in [0.5, 0.6) is 0 Å². The summed E-state index contributed by atoms with van der Waals surface area (Å²) < 4.78 is 18.8. The number of hydrogen-bond acceptors (Lipinski definition) is 5. The van der Waals surface area contributed by atoms with Crippen molar-refractivity contribution in [2.75, 3.05) is 6.61 Å². The van der Waals surface area contributed by atoms with Gasteiger partial charge in [-0.3, -0.25) is 14.3 Å². The van der Waals surface area contributed by atoms with Crippen LogP contribution in [0.25, 0.3) is 0 Å². The van der Waals surface area contributed by atoms with E-state index in [2.05, 4.69) is 0 Å². The smallest absolute Gasteiger partial charge is 0.330 e. The predicted octanol–water partition coefficient (Wildman–Crippen LogP) is -1.36. The number of nitrogens with zero attached hydrogens (tertiary/aromatic N) is 1. The van der Waals surface area contributed by atoms with Gasteiger partial charge in [0.2, 0.25) is 0 Å². The van der Waals surface area contributed by atoms with Crippen LogP contribution in [-0.4, -0.2) is 38.6 Å². The minimum atomic E-state index is -1.34. The standard InChI is InChI=1S/C10H11FN2O5/c11-3-5-8(16)6(4-14)18-9(5)13-2-1-7(15)12-10(13)17/h1-3,6,8-9,14,16H,4H2,(H,12,15,17)/b5-3+/t6?,8-,9-/m1/s1. The van der Waals surface area contributed by atoms with Gasteiger partial charge in [-0.15, -0.1) is 0 Å². The third kappa shape index (κ3) is 2.01. The van der Waals surface area contributed by atoms with Crippen LogP contribution in [0.15, 0.2) is 33.8 Å². The van der Waals surface area contributed by atoms with Crippen LogP contribution in [0.1, 0.15) is 6.23 Å². The van der Waals surface area contributed by atoms with E-state index in [9.17, 15) is 19.1 Å². The van der Waals surface area contributed by atoms with Gasteiger partial charge in [0, 0.05) is 17.8 Å². The zero-order valence-electron chi connectivity index (χ0n) is 9.12. The molecule has 1 fully saturated rings. The molecular formula is C10H11FN2O5. The quantitative estimate of drug-likeness (QED) is 0.607. The van der Waals surface area contributed by atoms with Gasteiger partial charge in [-0.2, -0.15) is 0 Å². The third-order valence-corrected chi connectivity index (χ3v) is 2.69. The van der Waals surface area contributed by atoms with E-state index >= 15 is 0 Å². The minimum absolute atomic E-state index is 0.128. The summed E-state index contributed by atoms with van der Waals surface area (Å²) >= 11 is 0. The summed E-state index contributed by atoms with van der Waals surface area (Å²) in [5.41, 5.74) is -1.58. The van der Waals surface area contributed by atoms with Gasteiger partial charge >= 0.3 is 5.69 Å². The third-order valence-electron chi connectivity index (χ3n) is 2.69. The van der Waals surface area contributed by atoms with E-state index in [-0.39, 0.29) is 11.9 Å². The highest BCUT2D eigenvalue weighted by molar-refractivity contribution is 5.16. The number of aromatic nitrogens is 2. The average Bonchev–Trinajstić information content (AvgIpc) is 2.65. The van der Waals surface area contributed by atoms with Crippen molar-refractivity contribution in [3.63, 3.8) is 0 Å². The largest absolute Gasteiger partial charge is 0.394 e. The monoisotopic (exact) mass is 258 g/mol. The summed E-state index contributed by atoms with van der Waals surface area (Å²) in [4.78, 5) is 24.4. The Morgan fingerprint density at radius 1 is 1.56 bits per heavy atom. The zero-order valence-corrected chi connectivity index (χ0v) is 9.12. The molecule has 0 spiro atoms. The van der Waals surface area contributed by atoms with Crippen LogP contribution in [0.2, 0.25) is 0 Å². The first kappa shape index (κ1) is 12.7. The fraction of sp³-hybridized carbons (Fsp3) is 0.400. The van der Waals surface area contributed by atoms with Gasteiger partial charge in [0.25, 0.3) is 5.56 Å². The predicted molar refractivity (Wildman–Crippen MR) is 57.5 cm³/mol. The van der Waals surface area contributed by atoms with Crippen LogP contribution >= 0.6 is 0 Å². The Labute approximate surface area is 99.8 Å². The lowest BCUT2D eigenvalue weighted by molar-refractivity contribution is -0.0448. The van der Waals surface area contributed by atoms with E-state index in [0.717, 1.165) is 16.8 Å². The number of ether oxygens (including phenoxy) is 1. The fourth-order valence-electron chi connectivity index (χ4n) is 1.78. The van der Waals surface area contributed by atoms with Crippen LogP contribution < -0.4 is 11.2 Å². The maximum Gasteiger partial charge on any atom is 0.330 e. The molecule has 0 saturated carbocycles. The highest BCUT2D eigenvalue weighted by atomic mass is 19.1. The maximum atomic E-state index is 12.7. The van der Waals surface area contributed by atoms with E-state index in [0.29, 0.717) is 0 Å². The summed E-state index contributed by atoms with van der Waals surface area (Å²) in [5, 5.41) is 18.6. The van der Waals surface area contributed by atoms with Crippen molar-refractivity contribution in [2.24, 2.45) is 0 Å². The van der Waals surface area contributed by atoms with Crippen LogP contribution in [0.4, 0.5) is 4.39 Å². The Kier molecular flexibility index (Phi) is 3.41. The summed E-state index contributed by atoms with van der Waals surface area (Å²) in [6.45, 7) is -0.521. The normalized spacial score (nSPS) is 29.9. The summed E-state index contributed by atoms with van der Waals surface area (Å²) in [6.07, 6.45) is -2.30. The maximum absolute atomic E-state index is 12.7. The second kappa shape index (κ2) is 4.84. The van der Waals surface area contributed by atoms with Gasteiger partial charge in [-0.25, -0.2) is 9.18 Å². The summed E-state index contributed by atoms with van der Waals surface area (Å²) in [6, 6.07) is 1.07. The topological polar surface area (TPSA) is 105 Å². The van der Waals surface area contributed by atoms with E-state index in [1.54, 1.807) is 0 Å². The molecule has 1 unspecified atom stereocenters. The van der Waals surface area contributed by atoms with Crippen LogP contribution in [0.3, 0.4) is 0 Å². The Morgan fingerprint density at radius 3 is 2.83 bits per heavy atom. The van der Waals surface area contributed by atoms with E-state index in [4.69, 9.17) is 9.84 Å². The minimum Gasteiger partial charge on any atom is -0.394 e. The lowest BCUT2D eigenvalue weighted by Crippen LogP contribution is -2.32. The Bertz CT molecular complexity index is 578. The molecule has 1 saturated heterocycles. The molecule has 98 valence electrons. The number of aliphatic hydroxyl groups excluding tert-OH is 2. The van der Waals surface area contributed by atoms with Crippen molar-refractivity contribution in [1.29, 1.82) is 0 Å². The van der Waals surface area contributed by atoms with Crippen molar-refractivity contribution < 1.29 is 19.3 Å². The summed E-state index contributed by atoms with van der Waals surface area (Å²) in [7, 11) is 0.